The predicted octanol–water partition coefficient (Wildman–Crippen LogP) is 5.36. The maximum Gasteiger partial charge on any atom is 0.320 e. The van der Waals surface area contributed by atoms with E-state index in [4.69, 9.17) is 30.5 Å². The van der Waals surface area contributed by atoms with E-state index in [1.165, 1.54) is 16.4 Å². The first-order valence-electron chi connectivity index (χ1n) is 12.9. The van der Waals surface area contributed by atoms with Crippen LogP contribution in [-0.2, 0) is 26.2 Å². The van der Waals surface area contributed by atoms with Gasteiger partial charge in [-0.15, -0.1) is 22.9 Å². The maximum absolute atomic E-state index is 13.8. The fraction of sp³-hybridized carbons (Fsp3) is 0.429. The van der Waals surface area contributed by atoms with Gasteiger partial charge in [0.25, 0.3) is 0 Å². The number of alkyl halides is 1. The van der Waals surface area contributed by atoms with Crippen LogP contribution in [0.4, 0.5) is 0 Å². The minimum atomic E-state index is -3.87. The molecule has 40 heavy (non-hydrogen) atoms. The molecule has 216 valence electrons. The van der Waals surface area contributed by atoms with E-state index in [1.54, 1.807) is 17.4 Å². The van der Waals surface area contributed by atoms with Gasteiger partial charge in [0.05, 0.1) is 22.2 Å². The lowest BCUT2D eigenvalue weighted by molar-refractivity contribution is -0.140. The summed E-state index contributed by atoms with van der Waals surface area (Å²) in [5.74, 6) is 0.638. The van der Waals surface area contributed by atoms with Crippen molar-refractivity contribution < 1.29 is 32.2 Å². The molecule has 1 aromatic heterocycles. The molecule has 4 rings (SSSR count). The van der Waals surface area contributed by atoms with Gasteiger partial charge in [-0.1, -0.05) is 26.0 Å². The standard InChI is InChI=1S/C28H33ClN2O7S2/c1-19(2)14-31(40(33,34)25-8-9-26-27(12-25)38-18-37-26)15-22(10-11-35-28(32)13-29)21-4-6-24(7-5-21)36-16-23-17-39-20(3)30-23/h4-9,12,17,19,22H,10-11,13-16,18H2,1-3H3. The zero-order chi connectivity index (χ0) is 28.7. The Hall–Kier alpha value is -2.86. The number of aromatic nitrogens is 1. The molecule has 0 amide bonds. The number of thiazole rings is 1. The third-order valence-electron chi connectivity index (χ3n) is 6.22. The van der Waals surface area contributed by atoms with Crippen molar-refractivity contribution in [2.75, 3.05) is 32.4 Å². The molecule has 0 saturated carbocycles. The van der Waals surface area contributed by atoms with E-state index in [0.29, 0.717) is 36.8 Å². The highest BCUT2D eigenvalue weighted by atomic mass is 35.5. The molecule has 0 saturated heterocycles. The van der Waals surface area contributed by atoms with Gasteiger partial charge in [0.2, 0.25) is 16.8 Å². The summed E-state index contributed by atoms with van der Waals surface area (Å²) >= 11 is 7.16. The number of hydrogen-bond donors (Lipinski definition) is 0. The van der Waals surface area contributed by atoms with Gasteiger partial charge in [-0.3, -0.25) is 4.79 Å². The summed E-state index contributed by atoms with van der Waals surface area (Å²) < 4.78 is 51.0. The lowest BCUT2D eigenvalue weighted by Crippen LogP contribution is -2.37. The average molecular weight is 609 g/mol. The number of sulfonamides is 1. The number of esters is 1. The number of carbonyl (C=O) groups is 1. The fourth-order valence-electron chi connectivity index (χ4n) is 4.30. The summed E-state index contributed by atoms with van der Waals surface area (Å²) in [6, 6.07) is 12.2. The Morgan fingerprint density at radius 3 is 2.55 bits per heavy atom. The first-order valence-corrected chi connectivity index (χ1v) is 15.8. The van der Waals surface area contributed by atoms with Crippen molar-refractivity contribution in [2.24, 2.45) is 5.92 Å². The van der Waals surface area contributed by atoms with Crippen molar-refractivity contribution in [3.8, 4) is 17.2 Å². The second kappa shape index (κ2) is 13.7. The third kappa shape index (κ3) is 7.87. The van der Waals surface area contributed by atoms with Crippen molar-refractivity contribution >= 4 is 38.9 Å². The molecule has 0 N–H and O–H groups in total. The monoisotopic (exact) mass is 608 g/mol. The molecule has 1 aliphatic heterocycles. The number of benzene rings is 2. The highest BCUT2D eigenvalue weighted by Crippen LogP contribution is 2.35. The van der Waals surface area contributed by atoms with E-state index in [-0.39, 0.29) is 42.6 Å². The first kappa shape index (κ1) is 30.1. The Morgan fingerprint density at radius 1 is 1.12 bits per heavy atom. The molecule has 0 fully saturated rings. The fourth-order valence-corrected chi connectivity index (χ4v) is 6.63. The molecule has 1 unspecified atom stereocenters. The van der Waals surface area contributed by atoms with Gasteiger partial charge in [0.15, 0.2) is 11.5 Å². The molecule has 1 atom stereocenters. The van der Waals surface area contributed by atoms with Gasteiger partial charge in [0.1, 0.15) is 18.2 Å². The normalized spacial score (nSPS) is 13.6. The van der Waals surface area contributed by atoms with E-state index < -0.39 is 16.0 Å². The van der Waals surface area contributed by atoms with Crippen LogP contribution >= 0.6 is 22.9 Å². The van der Waals surface area contributed by atoms with Crippen LogP contribution in [-0.4, -0.2) is 56.0 Å². The van der Waals surface area contributed by atoms with Crippen molar-refractivity contribution in [1.29, 1.82) is 0 Å². The van der Waals surface area contributed by atoms with Gasteiger partial charge in [0, 0.05) is 30.5 Å². The zero-order valence-corrected chi connectivity index (χ0v) is 25.1. The van der Waals surface area contributed by atoms with Crippen LogP contribution in [0.1, 0.15) is 42.5 Å². The number of rotatable bonds is 14. The molecule has 2 aromatic carbocycles. The topological polar surface area (TPSA) is 104 Å². The second-order valence-electron chi connectivity index (χ2n) is 9.79. The molecule has 9 nitrogen and oxygen atoms in total. The molecular formula is C28H33ClN2O7S2. The summed E-state index contributed by atoms with van der Waals surface area (Å²) in [4.78, 5) is 16.2. The number of ether oxygens (including phenoxy) is 4. The number of aryl methyl sites for hydroxylation is 1. The molecule has 0 aliphatic carbocycles. The van der Waals surface area contributed by atoms with E-state index in [1.807, 2.05) is 50.4 Å². The van der Waals surface area contributed by atoms with Crippen LogP contribution in [0.25, 0.3) is 0 Å². The molecule has 3 aromatic rings. The SMILES string of the molecule is Cc1nc(COc2ccc(C(CCOC(=O)CCl)CN(CC(C)C)S(=O)(=O)c3ccc4c(c3)OCO4)cc2)cs1. The molecule has 0 radical (unpaired) electrons. The molecule has 0 spiro atoms. The second-order valence-corrected chi connectivity index (χ2v) is 13.1. The summed E-state index contributed by atoms with van der Waals surface area (Å²) in [5.41, 5.74) is 1.76. The Morgan fingerprint density at radius 2 is 1.88 bits per heavy atom. The van der Waals surface area contributed by atoms with Crippen LogP contribution in [0.15, 0.2) is 52.7 Å². The van der Waals surface area contributed by atoms with Gasteiger partial charge in [-0.05, 0) is 49.1 Å². The largest absolute Gasteiger partial charge is 0.487 e. The highest BCUT2D eigenvalue weighted by Gasteiger charge is 2.30. The number of hydrogen-bond acceptors (Lipinski definition) is 9. The number of carbonyl (C=O) groups excluding carboxylic acids is 1. The Labute approximate surface area is 244 Å². The van der Waals surface area contributed by atoms with Gasteiger partial charge in [-0.2, -0.15) is 4.31 Å². The van der Waals surface area contributed by atoms with Crippen molar-refractivity contribution in [1.82, 2.24) is 9.29 Å². The minimum Gasteiger partial charge on any atom is -0.487 e. The number of halogens is 1. The lowest BCUT2D eigenvalue weighted by Gasteiger charge is -2.29. The highest BCUT2D eigenvalue weighted by molar-refractivity contribution is 7.89. The zero-order valence-electron chi connectivity index (χ0n) is 22.7. The van der Waals surface area contributed by atoms with E-state index in [0.717, 1.165) is 16.3 Å². The average Bonchev–Trinajstić information content (AvgIpc) is 3.58. The Kier molecular flexibility index (Phi) is 10.3. The summed E-state index contributed by atoms with van der Waals surface area (Å²) in [6.07, 6.45) is 0.409. The summed E-state index contributed by atoms with van der Waals surface area (Å²) in [6.45, 7) is 6.90. The van der Waals surface area contributed by atoms with Crippen molar-refractivity contribution in [3.05, 3.63) is 64.1 Å². The summed E-state index contributed by atoms with van der Waals surface area (Å²) in [7, 11) is -3.87. The maximum atomic E-state index is 13.8. The van der Waals surface area contributed by atoms with Crippen LogP contribution < -0.4 is 14.2 Å². The van der Waals surface area contributed by atoms with Crippen LogP contribution in [0, 0.1) is 12.8 Å². The number of fused-ring (bicyclic) bond motifs is 1. The van der Waals surface area contributed by atoms with E-state index in [2.05, 4.69) is 4.98 Å². The van der Waals surface area contributed by atoms with Crippen molar-refractivity contribution in [2.45, 2.75) is 44.6 Å². The van der Waals surface area contributed by atoms with Crippen LogP contribution in [0.2, 0.25) is 0 Å². The Balaban J connectivity index is 1.55. The van der Waals surface area contributed by atoms with Crippen molar-refractivity contribution in [3.63, 3.8) is 0 Å². The van der Waals surface area contributed by atoms with Gasteiger partial charge >= 0.3 is 5.97 Å². The summed E-state index contributed by atoms with van der Waals surface area (Å²) in [5, 5.41) is 2.94. The minimum absolute atomic E-state index is 0.0563. The van der Waals surface area contributed by atoms with E-state index >= 15 is 0 Å². The molecule has 1 aliphatic rings. The smallest absolute Gasteiger partial charge is 0.320 e. The first-order chi connectivity index (χ1) is 19.2. The quantitative estimate of drug-likeness (QED) is 0.178. The molecule has 12 heteroatoms. The predicted molar refractivity (Wildman–Crippen MR) is 153 cm³/mol. The third-order valence-corrected chi connectivity index (χ3v) is 9.09. The van der Waals surface area contributed by atoms with Gasteiger partial charge < -0.3 is 18.9 Å². The molecule has 0 bridgehead atoms. The lowest BCUT2D eigenvalue weighted by atomic mass is 9.95. The molecular weight excluding hydrogens is 576 g/mol. The van der Waals surface area contributed by atoms with Crippen LogP contribution in [0.5, 0.6) is 17.2 Å². The Bertz CT molecular complexity index is 1390. The van der Waals surface area contributed by atoms with Gasteiger partial charge in [-0.25, -0.2) is 13.4 Å². The number of nitrogens with zero attached hydrogens (tertiary/aromatic N) is 2. The van der Waals surface area contributed by atoms with Crippen LogP contribution in [0.3, 0.4) is 0 Å². The van der Waals surface area contributed by atoms with E-state index in [9.17, 15) is 13.2 Å². The molecule has 2 heterocycles.